The van der Waals surface area contributed by atoms with Gasteiger partial charge in [0.05, 0.1) is 12.0 Å². The third-order valence-electron chi connectivity index (χ3n) is 3.42. The van der Waals surface area contributed by atoms with E-state index in [1.807, 2.05) is 54.6 Å². The van der Waals surface area contributed by atoms with Crippen molar-refractivity contribution in [2.24, 2.45) is 0 Å². The van der Waals surface area contributed by atoms with Crippen LogP contribution in [-0.4, -0.2) is 19.0 Å². The summed E-state index contributed by atoms with van der Waals surface area (Å²) in [5.41, 5.74) is 2.60. The second-order valence-electron chi connectivity index (χ2n) is 5.18. The molecule has 3 rings (SSSR count). The van der Waals surface area contributed by atoms with E-state index >= 15 is 0 Å². The van der Waals surface area contributed by atoms with E-state index in [2.05, 4.69) is 15.4 Å². The molecule has 0 aliphatic carbocycles. The van der Waals surface area contributed by atoms with Gasteiger partial charge in [0.1, 0.15) is 4.88 Å². The summed E-state index contributed by atoms with van der Waals surface area (Å²) in [4.78, 5) is 24.5. The number of amides is 1. The second kappa shape index (κ2) is 7.63. The summed E-state index contributed by atoms with van der Waals surface area (Å²) < 4.78 is 4.64. The van der Waals surface area contributed by atoms with Gasteiger partial charge in [-0.3, -0.25) is 4.79 Å². The van der Waals surface area contributed by atoms with E-state index in [1.165, 1.54) is 7.11 Å². The Morgan fingerprint density at radius 3 is 2.08 bits per heavy atom. The fraction of sp³-hybridized carbons (Fsp3) is 0.0526. The molecule has 0 unspecified atom stereocenters. The van der Waals surface area contributed by atoms with E-state index < -0.39 is 5.97 Å². The van der Waals surface area contributed by atoms with Gasteiger partial charge in [0.15, 0.2) is 0 Å². The van der Waals surface area contributed by atoms with Crippen LogP contribution in [0.3, 0.4) is 0 Å². The van der Waals surface area contributed by atoms with Gasteiger partial charge in [-0.15, -0.1) is 11.3 Å². The highest BCUT2D eigenvalue weighted by Crippen LogP contribution is 2.21. The Hall–Kier alpha value is -3.12. The van der Waals surface area contributed by atoms with Crippen LogP contribution in [0, 0.1) is 0 Å². The molecule has 2 N–H and O–H groups in total. The van der Waals surface area contributed by atoms with Crippen LogP contribution in [0.1, 0.15) is 19.3 Å². The molecular formula is C19H16N2O3S. The zero-order chi connectivity index (χ0) is 17.6. The van der Waals surface area contributed by atoms with Crippen molar-refractivity contribution in [3.8, 4) is 0 Å². The van der Waals surface area contributed by atoms with Crippen LogP contribution in [0.15, 0.2) is 66.7 Å². The first-order chi connectivity index (χ1) is 12.2. The molecule has 0 spiro atoms. The largest absolute Gasteiger partial charge is 0.465 e. The highest BCUT2D eigenvalue weighted by atomic mass is 32.1. The van der Waals surface area contributed by atoms with Gasteiger partial charge < -0.3 is 15.4 Å². The maximum Gasteiger partial charge on any atom is 0.348 e. The highest BCUT2D eigenvalue weighted by molar-refractivity contribution is 7.16. The molecule has 0 radical (unpaired) electrons. The highest BCUT2D eigenvalue weighted by Gasteiger charge is 2.14. The van der Waals surface area contributed by atoms with Crippen molar-refractivity contribution in [1.29, 1.82) is 0 Å². The predicted octanol–water partition coefficient (Wildman–Crippen LogP) is 4.53. The van der Waals surface area contributed by atoms with Crippen LogP contribution in [0.25, 0.3) is 0 Å². The first-order valence-electron chi connectivity index (χ1n) is 7.57. The summed E-state index contributed by atoms with van der Waals surface area (Å²) in [7, 11) is 1.31. The molecule has 0 atom stereocenters. The first-order valence-corrected chi connectivity index (χ1v) is 8.39. The number of ether oxygens (including phenoxy) is 1. The summed E-state index contributed by atoms with van der Waals surface area (Å²) in [6, 6.07) is 20.4. The van der Waals surface area contributed by atoms with E-state index in [0.29, 0.717) is 15.4 Å². The molecule has 5 nitrogen and oxygen atoms in total. The number of hydrogen-bond acceptors (Lipinski definition) is 5. The molecule has 0 aliphatic heterocycles. The van der Waals surface area contributed by atoms with Crippen LogP contribution in [0.5, 0.6) is 0 Å². The molecule has 0 saturated carbocycles. The average Bonchev–Trinajstić information content (AvgIpc) is 3.14. The molecule has 0 bridgehead atoms. The molecule has 1 amide bonds. The molecule has 1 heterocycles. The number of rotatable bonds is 5. The lowest BCUT2D eigenvalue weighted by Crippen LogP contribution is -2.10. The van der Waals surface area contributed by atoms with Crippen LogP contribution in [-0.2, 0) is 4.74 Å². The molecular weight excluding hydrogens is 336 g/mol. The van der Waals surface area contributed by atoms with E-state index in [9.17, 15) is 9.59 Å². The van der Waals surface area contributed by atoms with Gasteiger partial charge in [0.25, 0.3) is 5.91 Å². The van der Waals surface area contributed by atoms with E-state index in [1.54, 1.807) is 12.1 Å². The van der Waals surface area contributed by atoms with Crippen LogP contribution in [0.2, 0.25) is 0 Å². The Bertz CT molecular complexity index is 873. The van der Waals surface area contributed by atoms with Crippen LogP contribution >= 0.6 is 11.3 Å². The Morgan fingerprint density at radius 1 is 0.800 bits per heavy atom. The number of para-hydroxylation sites is 1. The summed E-state index contributed by atoms with van der Waals surface area (Å²) in [6.45, 7) is 0. The van der Waals surface area contributed by atoms with E-state index in [-0.39, 0.29) is 5.91 Å². The number of anilines is 3. The van der Waals surface area contributed by atoms with E-state index in [4.69, 9.17) is 0 Å². The fourth-order valence-electron chi connectivity index (χ4n) is 2.19. The molecule has 1 aromatic heterocycles. The maximum absolute atomic E-state index is 12.2. The number of carbonyl (C=O) groups excluding carboxylic acids is 2. The number of thiophene rings is 1. The smallest absolute Gasteiger partial charge is 0.348 e. The lowest BCUT2D eigenvalue weighted by Gasteiger charge is -2.08. The Kier molecular flexibility index (Phi) is 5.11. The summed E-state index contributed by atoms with van der Waals surface area (Å²) >= 11 is 1.10. The number of hydrogen-bond donors (Lipinski definition) is 2. The van der Waals surface area contributed by atoms with Crippen molar-refractivity contribution in [2.75, 3.05) is 17.7 Å². The molecule has 0 fully saturated rings. The number of carbonyl (C=O) groups is 2. The molecule has 0 saturated heterocycles. The average molecular weight is 352 g/mol. The van der Waals surface area contributed by atoms with Crippen LogP contribution in [0.4, 0.5) is 17.1 Å². The monoisotopic (exact) mass is 352 g/mol. The predicted molar refractivity (Wildman–Crippen MR) is 99.8 cm³/mol. The standard InChI is InChI=1S/C19H16N2O3S/c1-24-19(23)17-12-11-16(25-17)18(22)21-15-9-7-14(8-10-15)20-13-5-3-2-4-6-13/h2-12,20H,1H3,(H,21,22). The summed E-state index contributed by atoms with van der Waals surface area (Å²) in [6.07, 6.45) is 0. The van der Waals surface area contributed by atoms with Crippen molar-refractivity contribution in [3.63, 3.8) is 0 Å². The molecule has 3 aromatic rings. The van der Waals surface area contributed by atoms with Gasteiger partial charge in [-0.05, 0) is 48.5 Å². The fourth-order valence-corrected chi connectivity index (χ4v) is 3.01. The number of methoxy groups -OCH3 is 1. The van der Waals surface area contributed by atoms with Gasteiger partial charge >= 0.3 is 5.97 Å². The van der Waals surface area contributed by atoms with Crippen molar-refractivity contribution < 1.29 is 14.3 Å². The van der Waals surface area contributed by atoms with Crippen molar-refractivity contribution in [1.82, 2.24) is 0 Å². The van der Waals surface area contributed by atoms with Gasteiger partial charge in [0, 0.05) is 17.1 Å². The molecule has 6 heteroatoms. The minimum atomic E-state index is -0.444. The number of nitrogens with one attached hydrogen (secondary N) is 2. The van der Waals surface area contributed by atoms with Crippen molar-refractivity contribution in [2.45, 2.75) is 0 Å². The molecule has 126 valence electrons. The zero-order valence-electron chi connectivity index (χ0n) is 13.5. The third-order valence-corrected chi connectivity index (χ3v) is 4.49. The third kappa shape index (κ3) is 4.24. The number of esters is 1. The van der Waals surface area contributed by atoms with Gasteiger partial charge in [-0.1, -0.05) is 18.2 Å². The Morgan fingerprint density at radius 2 is 1.40 bits per heavy atom. The van der Waals surface area contributed by atoms with Crippen LogP contribution < -0.4 is 10.6 Å². The quantitative estimate of drug-likeness (QED) is 0.662. The normalized spacial score (nSPS) is 10.1. The molecule has 0 aliphatic rings. The SMILES string of the molecule is COC(=O)c1ccc(C(=O)Nc2ccc(Nc3ccccc3)cc2)s1. The zero-order valence-corrected chi connectivity index (χ0v) is 14.3. The first kappa shape index (κ1) is 16.7. The topological polar surface area (TPSA) is 67.4 Å². The van der Waals surface area contributed by atoms with Crippen molar-refractivity contribution >= 4 is 40.3 Å². The lowest BCUT2D eigenvalue weighted by atomic mass is 10.2. The molecule has 2 aromatic carbocycles. The summed E-state index contributed by atoms with van der Waals surface area (Å²) in [5, 5.41) is 6.09. The minimum absolute atomic E-state index is 0.260. The Balaban J connectivity index is 1.64. The Labute approximate surface area is 149 Å². The minimum Gasteiger partial charge on any atom is -0.465 e. The summed E-state index contributed by atoms with van der Waals surface area (Å²) in [5.74, 6) is -0.704. The second-order valence-corrected chi connectivity index (χ2v) is 6.26. The number of benzene rings is 2. The van der Waals surface area contributed by atoms with Gasteiger partial charge in [-0.2, -0.15) is 0 Å². The lowest BCUT2D eigenvalue weighted by molar-refractivity contribution is 0.0606. The maximum atomic E-state index is 12.2. The van der Waals surface area contributed by atoms with E-state index in [0.717, 1.165) is 22.7 Å². The van der Waals surface area contributed by atoms with Gasteiger partial charge in [0.2, 0.25) is 0 Å². The van der Waals surface area contributed by atoms with Crippen molar-refractivity contribution in [3.05, 3.63) is 76.5 Å². The molecule has 25 heavy (non-hydrogen) atoms. The van der Waals surface area contributed by atoms with Gasteiger partial charge in [-0.25, -0.2) is 4.79 Å².